The molecule has 3 aliphatic rings. The lowest BCUT2D eigenvalue weighted by atomic mass is 9.84. The molecule has 4 nitrogen and oxygen atoms in total. The van der Waals surface area contributed by atoms with Crippen LogP contribution in [-0.2, 0) is 4.74 Å². The third kappa shape index (κ3) is 3.04. The van der Waals surface area contributed by atoms with Crippen molar-refractivity contribution in [2.45, 2.75) is 57.6 Å². The highest BCUT2D eigenvalue weighted by atomic mass is 16.5. The van der Waals surface area contributed by atoms with Gasteiger partial charge in [0.1, 0.15) is 0 Å². The number of rotatable bonds is 4. The predicted octanol–water partition coefficient (Wildman–Crippen LogP) is 2.29. The lowest BCUT2D eigenvalue weighted by Crippen LogP contribution is -2.46. The molecule has 2 N–H and O–H groups in total. The molecule has 2 bridgehead atoms. The number of hydrogen-bond donors (Lipinski definition) is 2. The first-order valence-corrected chi connectivity index (χ1v) is 7.88. The molecule has 0 spiro atoms. The first-order valence-electron chi connectivity index (χ1n) is 7.88. The van der Waals surface area contributed by atoms with Gasteiger partial charge < -0.3 is 15.4 Å². The van der Waals surface area contributed by atoms with Gasteiger partial charge in [-0.2, -0.15) is 0 Å². The molecule has 4 heteroatoms. The Morgan fingerprint density at radius 1 is 1.32 bits per heavy atom. The molecule has 0 aromatic rings. The first kappa shape index (κ1) is 13.2. The summed E-state index contributed by atoms with van der Waals surface area (Å²) < 4.78 is 5.51. The molecule has 0 aromatic heterocycles. The van der Waals surface area contributed by atoms with Gasteiger partial charge in [0.05, 0.1) is 6.10 Å². The second kappa shape index (κ2) is 5.70. The molecule has 19 heavy (non-hydrogen) atoms. The Labute approximate surface area is 115 Å². The quantitative estimate of drug-likeness (QED) is 0.820. The van der Waals surface area contributed by atoms with Gasteiger partial charge >= 0.3 is 6.03 Å². The van der Waals surface area contributed by atoms with Crippen molar-refractivity contribution in [2.24, 2.45) is 17.8 Å². The molecule has 0 radical (unpaired) electrons. The highest BCUT2D eigenvalue weighted by molar-refractivity contribution is 5.74. The average Bonchev–Trinajstić information content (AvgIpc) is 3.13. The van der Waals surface area contributed by atoms with Crippen LogP contribution in [0.15, 0.2) is 0 Å². The van der Waals surface area contributed by atoms with Crippen LogP contribution in [0, 0.1) is 17.8 Å². The van der Waals surface area contributed by atoms with E-state index in [1.807, 2.05) is 0 Å². The fourth-order valence-corrected chi connectivity index (χ4v) is 4.28. The zero-order valence-electron chi connectivity index (χ0n) is 11.9. The van der Waals surface area contributed by atoms with Crippen molar-refractivity contribution in [3.63, 3.8) is 0 Å². The predicted molar refractivity (Wildman–Crippen MR) is 73.9 cm³/mol. The number of amides is 2. The van der Waals surface area contributed by atoms with E-state index in [1.165, 1.54) is 25.7 Å². The van der Waals surface area contributed by atoms with Crippen molar-refractivity contribution < 1.29 is 9.53 Å². The highest BCUT2D eigenvalue weighted by Gasteiger charge is 2.42. The summed E-state index contributed by atoms with van der Waals surface area (Å²) in [4.78, 5) is 11.9. The molecule has 1 saturated heterocycles. The van der Waals surface area contributed by atoms with Crippen LogP contribution in [0.5, 0.6) is 0 Å². The molecule has 3 rings (SSSR count). The fourth-order valence-electron chi connectivity index (χ4n) is 4.28. The number of carbonyl (C=O) groups is 1. The molecule has 1 heterocycles. The van der Waals surface area contributed by atoms with Crippen LogP contribution >= 0.6 is 0 Å². The van der Waals surface area contributed by atoms with Gasteiger partial charge in [-0.15, -0.1) is 0 Å². The third-order valence-electron chi connectivity index (χ3n) is 5.31. The van der Waals surface area contributed by atoms with Crippen molar-refractivity contribution in [3.8, 4) is 0 Å². The summed E-state index contributed by atoms with van der Waals surface area (Å²) in [6.07, 6.45) is 7.92. The van der Waals surface area contributed by atoms with E-state index in [0.29, 0.717) is 18.5 Å². The maximum absolute atomic E-state index is 11.9. The average molecular weight is 266 g/mol. The molecule has 108 valence electrons. The zero-order valence-corrected chi connectivity index (χ0v) is 11.9. The molecule has 5 atom stereocenters. The van der Waals surface area contributed by atoms with Gasteiger partial charge in [0.25, 0.3) is 0 Å². The Balaban J connectivity index is 1.39. The SMILES string of the molecule is CC(NC(=O)NCC1CCCO1)C1CC2CCC1C2. The van der Waals surface area contributed by atoms with Crippen LogP contribution in [0.4, 0.5) is 4.79 Å². The van der Waals surface area contributed by atoms with Crippen molar-refractivity contribution in [1.82, 2.24) is 10.6 Å². The molecule has 3 fully saturated rings. The van der Waals surface area contributed by atoms with Crippen molar-refractivity contribution in [2.75, 3.05) is 13.2 Å². The van der Waals surface area contributed by atoms with E-state index in [9.17, 15) is 4.79 Å². The minimum atomic E-state index is -0.0224. The van der Waals surface area contributed by atoms with E-state index in [0.717, 1.165) is 31.3 Å². The maximum atomic E-state index is 11.9. The summed E-state index contributed by atoms with van der Waals surface area (Å²) in [5.41, 5.74) is 0. The monoisotopic (exact) mass is 266 g/mol. The van der Waals surface area contributed by atoms with Crippen LogP contribution in [0.1, 0.15) is 45.4 Å². The van der Waals surface area contributed by atoms with Crippen molar-refractivity contribution in [3.05, 3.63) is 0 Å². The fraction of sp³-hybridized carbons (Fsp3) is 0.933. The number of carbonyl (C=O) groups excluding carboxylic acids is 1. The molecule has 2 aliphatic carbocycles. The minimum absolute atomic E-state index is 0.0224. The molecule has 0 aromatic carbocycles. The number of urea groups is 1. The molecule has 2 saturated carbocycles. The molecule has 1 aliphatic heterocycles. The van der Waals surface area contributed by atoms with Gasteiger partial charge in [-0.1, -0.05) is 6.42 Å². The smallest absolute Gasteiger partial charge is 0.315 e. The van der Waals surface area contributed by atoms with Gasteiger partial charge in [-0.25, -0.2) is 4.79 Å². The van der Waals surface area contributed by atoms with Gasteiger partial charge in [0.2, 0.25) is 0 Å². The maximum Gasteiger partial charge on any atom is 0.315 e. The normalized spacial score (nSPS) is 38.4. The van der Waals surface area contributed by atoms with Crippen LogP contribution in [0.3, 0.4) is 0 Å². The van der Waals surface area contributed by atoms with Gasteiger partial charge in [-0.3, -0.25) is 0 Å². The summed E-state index contributed by atoms with van der Waals surface area (Å²) in [5.74, 6) is 2.50. The van der Waals surface area contributed by atoms with E-state index in [-0.39, 0.29) is 12.1 Å². The molecular formula is C15H26N2O2. The number of ether oxygens (including phenoxy) is 1. The summed E-state index contributed by atoms with van der Waals surface area (Å²) in [6.45, 7) is 3.65. The number of fused-ring (bicyclic) bond motifs is 2. The topological polar surface area (TPSA) is 50.4 Å². The summed E-state index contributed by atoms with van der Waals surface area (Å²) >= 11 is 0. The van der Waals surface area contributed by atoms with E-state index < -0.39 is 0 Å². The second-order valence-corrected chi connectivity index (χ2v) is 6.62. The second-order valence-electron chi connectivity index (χ2n) is 6.62. The van der Waals surface area contributed by atoms with Crippen LogP contribution in [-0.4, -0.2) is 31.3 Å². The Morgan fingerprint density at radius 3 is 2.84 bits per heavy atom. The van der Waals surface area contributed by atoms with E-state index in [1.54, 1.807) is 0 Å². The van der Waals surface area contributed by atoms with Gasteiger partial charge in [-0.05, 0) is 56.8 Å². The van der Waals surface area contributed by atoms with E-state index in [4.69, 9.17) is 4.74 Å². The summed E-state index contributed by atoms with van der Waals surface area (Å²) in [6, 6.07) is 0.283. The highest BCUT2D eigenvalue weighted by Crippen LogP contribution is 2.49. The minimum Gasteiger partial charge on any atom is -0.376 e. The lowest BCUT2D eigenvalue weighted by Gasteiger charge is -2.28. The zero-order chi connectivity index (χ0) is 13.2. The van der Waals surface area contributed by atoms with Crippen LogP contribution in [0.2, 0.25) is 0 Å². The van der Waals surface area contributed by atoms with E-state index >= 15 is 0 Å². The Kier molecular flexibility index (Phi) is 3.96. The molecule has 2 amide bonds. The largest absolute Gasteiger partial charge is 0.376 e. The van der Waals surface area contributed by atoms with Gasteiger partial charge in [0.15, 0.2) is 0 Å². The van der Waals surface area contributed by atoms with E-state index in [2.05, 4.69) is 17.6 Å². The van der Waals surface area contributed by atoms with Crippen LogP contribution < -0.4 is 10.6 Å². The lowest BCUT2D eigenvalue weighted by molar-refractivity contribution is 0.111. The molecule has 5 unspecified atom stereocenters. The summed E-state index contributed by atoms with van der Waals surface area (Å²) in [5, 5.41) is 6.07. The van der Waals surface area contributed by atoms with Crippen LogP contribution in [0.25, 0.3) is 0 Å². The van der Waals surface area contributed by atoms with Crippen molar-refractivity contribution in [1.29, 1.82) is 0 Å². The van der Waals surface area contributed by atoms with Crippen molar-refractivity contribution >= 4 is 6.03 Å². The Bertz CT molecular complexity index is 328. The Hall–Kier alpha value is -0.770. The number of hydrogen-bond acceptors (Lipinski definition) is 2. The molecular weight excluding hydrogens is 240 g/mol. The Morgan fingerprint density at radius 2 is 2.21 bits per heavy atom. The third-order valence-corrected chi connectivity index (χ3v) is 5.31. The summed E-state index contributed by atoms with van der Waals surface area (Å²) in [7, 11) is 0. The first-order chi connectivity index (χ1) is 9.22. The van der Waals surface area contributed by atoms with Gasteiger partial charge in [0, 0.05) is 19.2 Å². The number of nitrogens with one attached hydrogen (secondary N) is 2. The standard InChI is InChI=1S/C15H26N2O2/c1-10(14-8-11-4-5-12(14)7-11)17-15(18)16-9-13-3-2-6-19-13/h10-14H,2-9H2,1H3,(H2,16,17,18).